The van der Waals surface area contributed by atoms with E-state index in [0.717, 1.165) is 17.1 Å². The van der Waals surface area contributed by atoms with E-state index in [4.69, 9.17) is 4.74 Å². The van der Waals surface area contributed by atoms with Crippen LogP contribution in [-0.4, -0.2) is 0 Å². The molecule has 6 aromatic rings. The molecular weight excluding hydrogens is 424 g/mol. The Morgan fingerprint density at radius 2 is 0.886 bits per heavy atom. The topological polar surface area (TPSA) is 9.23 Å². The van der Waals surface area contributed by atoms with Crippen molar-refractivity contribution in [2.75, 3.05) is 0 Å². The van der Waals surface area contributed by atoms with E-state index in [0.29, 0.717) is 0 Å². The van der Waals surface area contributed by atoms with Gasteiger partial charge in [-0.15, -0.1) is 0 Å². The molecule has 0 N–H and O–H groups in total. The second kappa shape index (κ2) is 8.00. The first-order valence-electron chi connectivity index (χ1n) is 11.9. The fourth-order valence-electron chi connectivity index (χ4n) is 5.08. The molecule has 1 nitrogen and oxygen atoms in total. The molecule has 0 atom stereocenters. The fourth-order valence-corrected chi connectivity index (χ4v) is 5.08. The Labute approximate surface area is 204 Å². The predicted octanol–water partition coefficient (Wildman–Crippen LogP) is 9.61. The third-order valence-corrected chi connectivity index (χ3v) is 6.90. The van der Waals surface area contributed by atoms with Crippen LogP contribution in [0.1, 0.15) is 0 Å². The molecule has 0 saturated carbocycles. The van der Waals surface area contributed by atoms with Crippen molar-refractivity contribution >= 4 is 10.8 Å². The zero-order valence-corrected chi connectivity index (χ0v) is 19.1. The van der Waals surface area contributed by atoms with Gasteiger partial charge in [0.1, 0.15) is 11.5 Å². The summed E-state index contributed by atoms with van der Waals surface area (Å²) in [6.45, 7) is 0. The summed E-state index contributed by atoms with van der Waals surface area (Å²) in [5, 5.41) is 2.40. The number of hydrogen-bond donors (Lipinski definition) is 0. The van der Waals surface area contributed by atoms with Gasteiger partial charge >= 0.3 is 0 Å². The van der Waals surface area contributed by atoms with Crippen molar-refractivity contribution < 1.29 is 4.74 Å². The fraction of sp³-hybridized carbons (Fsp3) is 0. The van der Waals surface area contributed by atoms with E-state index in [9.17, 15) is 0 Å². The van der Waals surface area contributed by atoms with Crippen molar-refractivity contribution in [2.45, 2.75) is 0 Å². The summed E-state index contributed by atoms with van der Waals surface area (Å²) in [7, 11) is 0. The summed E-state index contributed by atoms with van der Waals surface area (Å²) in [5.41, 5.74) is 9.68. The Morgan fingerprint density at radius 3 is 1.54 bits per heavy atom. The van der Waals surface area contributed by atoms with Gasteiger partial charge in [-0.2, -0.15) is 0 Å². The van der Waals surface area contributed by atoms with Gasteiger partial charge in [0.2, 0.25) is 0 Å². The van der Waals surface area contributed by atoms with Gasteiger partial charge in [-0.25, -0.2) is 0 Å². The summed E-state index contributed by atoms with van der Waals surface area (Å²) < 4.78 is 6.26. The molecule has 1 heteroatoms. The highest BCUT2D eigenvalue weighted by Crippen LogP contribution is 2.47. The average molecular weight is 447 g/mol. The van der Waals surface area contributed by atoms with Crippen LogP contribution in [0.2, 0.25) is 0 Å². The molecule has 35 heavy (non-hydrogen) atoms. The van der Waals surface area contributed by atoms with Gasteiger partial charge in [-0.3, -0.25) is 0 Å². The molecule has 6 aromatic carbocycles. The number of hydrogen-bond acceptors (Lipinski definition) is 1. The Bertz CT molecular complexity index is 1670. The average Bonchev–Trinajstić information content (AvgIpc) is 2.94. The molecule has 1 heterocycles. The lowest BCUT2D eigenvalue weighted by atomic mass is 9.92. The normalized spacial score (nSPS) is 11.7. The Hall–Kier alpha value is -4.62. The standard InChI is InChI=1S/C34H22O/c1-2-6-23(7-3-1)24-12-14-25(15-13-24)26-16-18-27(19-17-26)29-20-21-32-31(22-29)30-10-4-8-28-9-5-11-33(35-32)34(28)30/h1-22H. The van der Waals surface area contributed by atoms with Crippen molar-refractivity contribution in [1.82, 2.24) is 0 Å². The van der Waals surface area contributed by atoms with E-state index in [1.54, 1.807) is 0 Å². The lowest BCUT2D eigenvalue weighted by molar-refractivity contribution is 0.487. The van der Waals surface area contributed by atoms with Crippen molar-refractivity contribution in [3.63, 3.8) is 0 Å². The highest BCUT2D eigenvalue weighted by molar-refractivity contribution is 6.04. The van der Waals surface area contributed by atoms with Crippen molar-refractivity contribution in [1.29, 1.82) is 0 Å². The maximum Gasteiger partial charge on any atom is 0.135 e. The molecule has 1 aliphatic heterocycles. The molecule has 0 spiro atoms. The first kappa shape index (κ1) is 19.8. The van der Waals surface area contributed by atoms with E-state index in [-0.39, 0.29) is 0 Å². The van der Waals surface area contributed by atoms with Crippen LogP contribution >= 0.6 is 0 Å². The molecule has 0 bridgehead atoms. The second-order valence-electron chi connectivity index (χ2n) is 8.99. The summed E-state index contributed by atoms with van der Waals surface area (Å²) in [4.78, 5) is 0. The number of ether oxygens (including phenoxy) is 1. The predicted molar refractivity (Wildman–Crippen MR) is 146 cm³/mol. The Balaban J connectivity index is 1.22. The van der Waals surface area contributed by atoms with Gasteiger partial charge in [0.05, 0.1) is 0 Å². The molecule has 7 rings (SSSR count). The monoisotopic (exact) mass is 446 g/mol. The number of fused-ring (bicyclic) bond motifs is 2. The summed E-state index contributed by atoms with van der Waals surface area (Å²) in [6, 6.07) is 47.3. The summed E-state index contributed by atoms with van der Waals surface area (Å²) in [5.74, 6) is 1.84. The van der Waals surface area contributed by atoms with Crippen LogP contribution in [0.3, 0.4) is 0 Å². The molecular formula is C34H22O. The minimum atomic E-state index is 0.912. The van der Waals surface area contributed by atoms with E-state index in [1.165, 1.54) is 49.7 Å². The summed E-state index contributed by atoms with van der Waals surface area (Å²) >= 11 is 0. The van der Waals surface area contributed by atoms with Gasteiger partial charge in [-0.1, -0.05) is 115 Å². The van der Waals surface area contributed by atoms with Gasteiger partial charge in [0.15, 0.2) is 0 Å². The SMILES string of the molecule is c1ccc(-c2ccc(-c3ccc(-c4ccc5c(c4)-c4cccc6cccc(c46)O5)cc3)cc2)cc1. The quantitative estimate of drug-likeness (QED) is 0.262. The Morgan fingerprint density at radius 1 is 0.343 bits per heavy atom. The third kappa shape index (κ3) is 3.41. The molecule has 0 aliphatic carbocycles. The lowest BCUT2D eigenvalue weighted by Crippen LogP contribution is -1.97. The maximum atomic E-state index is 6.26. The highest BCUT2D eigenvalue weighted by Gasteiger charge is 2.20. The van der Waals surface area contributed by atoms with Crippen LogP contribution in [-0.2, 0) is 0 Å². The molecule has 0 saturated heterocycles. The van der Waals surface area contributed by atoms with Crippen LogP contribution in [0.25, 0.3) is 55.3 Å². The molecule has 0 fully saturated rings. The third-order valence-electron chi connectivity index (χ3n) is 6.90. The first-order valence-corrected chi connectivity index (χ1v) is 11.9. The summed E-state index contributed by atoms with van der Waals surface area (Å²) in [6.07, 6.45) is 0. The van der Waals surface area contributed by atoms with E-state index in [1.807, 2.05) is 12.1 Å². The zero-order valence-electron chi connectivity index (χ0n) is 19.1. The van der Waals surface area contributed by atoms with Crippen molar-refractivity contribution in [2.24, 2.45) is 0 Å². The molecule has 0 amide bonds. The minimum Gasteiger partial charge on any atom is -0.456 e. The van der Waals surface area contributed by atoms with Crippen LogP contribution in [0.5, 0.6) is 11.5 Å². The van der Waals surface area contributed by atoms with Gasteiger partial charge < -0.3 is 4.74 Å². The molecule has 0 unspecified atom stereocenters. The van der Waals surface area contributed by atoms with Crippen LogP contribution in [0, 0.1) is 0 Å². The molecule has 164 valence electrons. The number of rotatable bonds is 3. The maximum absolute atomic E-state index is 6.26. The first-order chi connectivity index (χ1) is 17.3. The van der Waals surface area contributed by atoms with Crippen molar-refractivity contribution in [3.05, 3.63) is 133 Å². The second-order valence-corrected chi connectivity index (χ2v) is 8.99. The Kier molecular flexibility index (Phi) is 4.53. The molecule has 0 radical (unpaired) electrons. The van der Waals surface area contributed by atoms with Crippen LogP contribution in [0.4, 0.5) is 0 Å². The van der Waals surface area contributed by atoms with E-state index < -0.39 is 0 Å². The van der Waals surface area contributed by atoms with Crippen LogP contribution in [0.15, 0.2) is 133 Å². The lowest BCUT2D eigenvalue weighted by Gasteiger charge is -2.22. The zero-order chi connectivity index (χ0) is 23.2. The number of benzene rings is 6. The van der Waals surface area contributed by atoms with Gasteiger partial charge in [0, 0.05) is 10.9 Å². The molecule has 1 aliphatic rings. The van der Waals surface area contributed by atoms with Crippen LogP contribution < -0.4 is 4.74 Å². The van der Waals surface area contributed by atoms with E-state index in [2.05, 4.69) is 121 Å². The van der Waals surface area contributed by atoms with Crippen molar-refractivity contribution in [3.8, 4) is 56.0 Å². The largest absolute Gasteiger partial charge is 0.456 e. The van der Waals surface area contributed by atoms with Gasteiger partial charge in [0.25, 0.3) is 0 Å². The highest BCUT2D eigenvalue weighted by atomic mass is 16.5. The smallest absolute Gasteiger partial charge is 0.135 e. The van der Waals surface area contributed by atoms with Gasteiger partial charge in [-0.05, 0) is 62.5 Å². The molecule has 0 aromatic heterocycles. The van der Waals surface area contributed by atoms with E-state index >= 15 is 0 Å². The minimum absolute atomic E-state index is 0.912.